The normalized spacial score (nSPS) is 12.3. The Bertz CT molecular complexity index is 892. The van der Waals surface area contributed by atoms with Crippen molar-refractivity contribution in [2.24, 2.45) is 0 Å². The predicted octanol–water partition coefficient (Wildman–Crippen LogP) is 7.41. The molecule has 0 radical (unpaired) electrons. The van der Waals surface area contributed by atoms with Crippen molar-refractivity contribution in [1.29, 1.82) is 0 Å². The molecule has 34 heavy (non-hydrogen) atoms. The van der Waals surface area contributed by atoms with Crippen LogP contribution in [0, 0.1) is 13.8 Å². The molecule has 5 heteroatoms. The second-order valence-corrected chi connectivity index (χ2v) is 11.3. The van der Waals surface area contributed by atoms with Crippen molar-refractivity contribution in [2.75, 3.05) is 32.7 Å². The van der Waals surface area contributed by atoms with Crippen LogP contribution in [0.1, 0.15) is 77.6 Å². The van der Waals surface area contributed by atoms with Crippen LogP contribution in [0.5, 0.6) is 11.5 Å². The Balaban J connectivity index is 2.91. The number of anilines is 2. The van der Waals surface area contributed by atoms with Gasteiger partial charge < -0.3 is 23.8 Å². The first kappa shape index (κ1) is 28.0. The largest absolute Gasteiger partial charge is 0.465 e. The van der Waals surface area contributed by atoms with Crippen LogP contribution in [0.25, 0.3) is 0 Å². The highest BCUT2D eigenvalue weighted by Gasteiger charge is 2.28. The molecule has 0 amide bonds. The molecule has 2 rings (SSSR count). The Kier molecular flexibility index (Phi) is 9.06. The summed E-state index contributed by atoms with van der Waals surface area (Å²) in [6, 6.07) is 9.06. The minimum atomic E-state index is -0.0134. The summed E-state index contributed by atoms with van der Waals surface area (Å²) in [5.41, 5.74) is 6.63. The lowest BCUT2D eigenvalue weighted by Gasteiger charge is -2.35. The summed E-state index contributed by atoms with van der Waals surface area (Å²) in [4.78, 5) is 2.32. The van der Waals surface area contributed by atoms with Gasteiger partial charge >= 0.3 is 0 Å². The minimum absolute atomic E-state index is 0.0134. The lowest BCUT2D eigenvalue weighted by Crippen LogP contribution is -2.28. The van der Waals surface area contributed by atoms with Gasteiger partial charge in [0.25, 0.3) is 0 Å². The van der Waals surface area contributed by atoms with Crippen molar-refractivity contribution in [1.82, 2.24) is 0 Å². The maximum absolute atomic E-state index is 6.16. The molecule has 0 aliphatic carbocycles. The molecule has 0 aliphatic heterocycles. The molecule has 0 unspecified atom stereocenters. The van der Waals surface area contributed by atoms with Gasteiger partial charge in [0.2, 0.25) is 0 Å². The number of ether oxygens (including phenoxy) is 4. The van der Waals surface area contributed by atoms with Crippen LogP contribution < -0.4 is 14.4 Å². The Morgan fingerprint density at radius 3 is 1.29 bits per heavy atom. The van der Waals surface area contributed by atoms with Gasteiger partial charge in [0.1, 0.15) is 11.5 Å². The monoisotopic (exact) mass is 471 g/mol. The molecule has 2 aromatic rings. The van der Waals surface area contributed by atoms with Gasteiger partial charge in [-0.3, -0.25) is 0 Å². The molecule has 0 aliphatic rings. The molecule has 0 fully saturated rings. The number of aryl methyl sites for hydroxylation is 2. The van der Waals surface area contributed by atoms with Crippen molar-refractivity contribution in [3.05, 3.63) is 46.5 Å². The number of nitrogens with zero attached hydrogens (tertiary/aromatic N) is 1. The Hall–Kier alpha value is -2.24. The van der Waals surface area contributed by atoms with Gasteiger partial charge in [-0.1, -0.05) is 53.7 Å². The number of hydrogen-bond acceptors (Lipinski definition) is 5. The number of benzene rings is 2. The van der Waals surface area contributed by atoms with Gasteiger partial charge in [0.15, 0.2) is 13.6 Å². The molecule has 190 valence electrons. The topological polar surface area (TPSA) is 40.2 Å². The lowest BCUT2D eigenvalue weighted by atomic mass is 9.84. The van der Waals surface area contributed by atoms with E-state index in [-0.39, 0.29) is 30.5 Å². The molecule has 0 bridgehead atoms. The molecule has 0 heterocycles. The summed E-state index contributed by atoms with van der Waals surface area (Å²) in [5, 5.41) is 0. The van der Waals surface area contributed by atoms with E-state index in [9.17, 15) is 0 Å². The summed E-state index contributed by atoms with van der Waals surface area (Å²) < 4.78 is 22.9. The fourth-order valence-electron chi connectivity index (χ4n) is 4.03. The third-order valence-corrected chi connectivity index (χ3v) is 5.92. The standard InChI is InChI=1S/C29H45NO4/c1-19(2)30(24-15-22(28(5,6)7)13-20(3)26(24)33-17-31-11)25-16-23(29(8,9)10)14-21(4)27(25)34-18-32-12/h13-16,19H,17-18H2,1-12H3. The van der Waals surface area contributed by atoms with Crippen molar-refractivity contribution in [3.63, 3.8) is 0 Å². The number of hydrogen-bond donors (Lipinski definition) is 0. The van der Waals surface area contributed by atoms with E-state index in [0.29, 0.717) is 0 Å². The molecule has 0 saturated heterocycles. The van der Waals surface area contributed by atoms with Crippen LogP contribution in [0.4, 0.5) is 11.4 Å². The van der Waals surface area contributed by atoms with E-state index >= 15 is 0 Å². The van der Waals surface area contributed by atoms with E-state index in [4.69, 9.17) is 18.9 Å². The third kappa shape index (κ3) is 6.45. The average Bonchev–Trinajstić information content (AvgIpc) is 2.70. The van der Waals surface area contributed by atoms with E-state index in [2.05, 4.69) is 98.4 Å². The molecule has 2 aromatic carbocycles. The van der Waals surface area contributed by atoms with Gasteiger partial charge in [-0.15, -0.1) is 0 Å². The fraction of sp³-hybridized carbons (Fsp3) is 0.586. The van der Waals surface area contributed by atoms with E-state index in [1.165, 1.54) is 11.1 Å². The van der Waals surface area contributed by atoms with Crippen molar-refractivity contribution < 1.29 is 18.9 Å². The van der Waals surface area contributed by atoms with Gasteiger partial charge in [0.05, 0.1) is 11.4 Å². The Morgan fingerprint density at radius 2 is 1.03 bits per heavy atom. The quantitative estimate of drug-likeness (QED) is 0.356. The van der Waals surface area contributed by atoms with Crippen molar-refractivity contribution in [3.8, 4) is 11.5 Å². The first-order chi connectivity index (χ1) is 15.7. The number of rotatable bonds is 9. The summed E-state index contributed by atoms with van der Waals surface area (Å²) in [5.74, 6) is 1.64. The molecule has 0 spiro atoms. The van der Waals surface area contributed by atoms with Crippen LogP contribution in [-0.2, 0) is 20.3 Å². The van der Waals surface area contributed by atoms with Gasteiger partial charge in [0, 0.05) is 20.3 Å². The molecule has 0 aromatic heterocycles. The smallest absolute Gasteiger partial charge is 0.188 e. The molecular weight excluding hydrogens is 426 g/mol. The zero-order chi connectivity index (χ0) is 25.8. The SMILES string of the molecule is COCOc1c(C)cc(C(C)(C)C)cc1N(c1cc(C(C)(C)C)cc(C)c1OCOC)C(C)C. The summed E-state index contributed by atoms with van der Waals surface area (Å²) in [6.07, 6.45) is 0. The lowest BCUT2D eigenvalue weighted by molar-refractivity contribution is 0.0504. The fourth-order valence-corrected chi connectivity index (χ4v) is 4.03. The van der Waals surface area contributed by atoms with Crippen molar-refractivity contribution >= 4 is 11.4 Å². The van der Waals surface area contributed by atoms with Crippen LogP contribution in [0.3, 0.4) is 0 Å². The van der Waals surface area contributed by atoms with Crippen LogP contribution in [-0.4, -0.2) is 33.8 Å². The highest BCUT2D eigenvalue weighted by molar-refractivity contribution is 5.78. The van der Waals surface area contributed by atoms with Crippen LogP contribution in [0.2, 0.25) is 0 Å². The molecular formula is C29H45NO4. The predicted molar refractivity (Wildman–Crippen MR) is 142 cm³/mol. The molecule has 0 N–H and O–H groups in total. The second kappa shape index (κ2) is 11.0. The summed E-state index contributed by atoms with van der Waals surface area (Å²) in [6.45, 7) is 22.4. The Morgan fingerprint density at radius 1 is 0.676 bits per heavy atom. The first-order valence-electron chi connectivity index (χ1n) is 12.0. The highest BCUT2D eigenvalue weighted by Crippen LogP contribution is 2.46. The van der Waals surface area contributed by atoms with Crippen LogP contribution in [0.15, 0.2) is 24.3 Å². The third-order valence-electron chi connectivity index (χ3n) is 5.92. The van der Waals surface area contributed by atoms with Gasteiger partial charge in [-0.25, -0.2) is 0 Å². The summed E-state index contributed by atoms with van der Waals surface area (Å²) >= 11 is 0. The maximum atomic E-state index is 6.16. The van der Waals surface area contributed by atoms with E-state index in [1.54, 1.807) is 14.2 Å². The second-order valence-electron chi connectivity index (χ2n) is 11.3. The van der Waals surface area contributed by atoms with E-state index < -0.39 is 0 Å². The number of methoxy groups -OCH3 is 2. The minimum Gasteiger partial charge on any atom is -0.465 e. The maximum Gasteiger partial charge on any atom is 0.188 e. The van der Waals surface area contributed by atoms with Gasteiger partial charge in [-0.2, -0.15) is 0 Å². The highest BCUT2D eigenvalue weighted by atomic mass is 16.7. The first-order valence-corrected chi connectivity index (χ1v) is 12.0. The Labute approximate surface area is 207 Å². The zero-order valence-electron chi connectivity index (χ0n) is 23.4. The molecule has 5 nitrogen and oxygen atoms in total. The molecule has 0 atom stereocenters. The summed E-state index contributed by atoms with van der Waals surface area (Å²) in [7, 11) is 3.29. The molecule has 0 saturated carbocycles. The van der Waals surface area contributed by atoms with Crippen molar-refractivity contribution in [2.45, 2.75) is 86.1 Å². The average molecular weight is 472 g/mol. The van der Waals surface area contributed by atoms with E-state index in [0.717, 1.165) is 34.0 Å². The zero-order valence-corrected chi connectivity index (χ0v) is 23.4. The van der Waals surface area contributed by atoms with E-state index in [1.807, 2.05) is 0 Å². The van der Waals surface area contributed by atoms with Crippen LogP contribution >= 0.6 is 0 Å². The van der Waals surface area contributed by atoms with Gasteiger partial charge in [-0.05, 0) is 72.9 Å².